The second-order valence-corrected chi connectivity index (χ2v) is 5.52. The van der Waals surface area contributed by atoms with E-state index in [4.69, 9.17) is 0 Å². The molecule has 2 unspecified atom stereocenters. The number of rotatable bonds is 5. The molecular weight excluding hydrogens is 297 g/mol. The fourth-order valence-electron chi connectivity index (χ4n) is 1.88. The highest BCUT2D eigenvalue weighted by Crippen LogP contribution is 2.34. The minimum atomic E-state index is -4.55. The van der Waals surface area contributed by atoms with E-state index >= 15 is 0 Å². The summed E-state index contributed by atoms with van der Waals surface area (Å²) in [6.07, 6.45) is -3.83. The summed E-state index contributed by atoms with van der Waals surface area (Å²) in [6.45, 7) is 5.25. The summed E-state index contributed by atoms with van der Waals surface area (Å²) in [4.78, 5) is 11.7. The molecule has 1 rings (SSSR count). The van der Waals surface area contributed by atoms with Crippen LogP contribution >= 0.6 is 0 Å². The van der Waals surface area contributed by atoms with E-state index in [1.807, 2.05) is 13.8 Å². The molecule has 2 atom stereocenters. The number of hydrogen-bond donors (Lipinski definition) is 3. The lowest BCUT2D eigenvalue weighted by Gasteiger charge is -2.29. The van der Waals surface area contributed by atoms with E-state index in [0.29, 0.717) is 6.42 Å². The van der Waals surface area contributed by atoms with Gasteiger partial charge >= 0.3 is 12.2 Å². The van der Waals surface area contributed by atoms with Gasteiger partial charge in [-0.25, -0.2) is 4.79 Å². The molecule has 0 aliphatic carbocycles. The van der Waals surface area contributed by atoms with E-state index in [1.54, 1.807) is 6.92 Å². The van der Waals surface area contributed by atoms with Gasteiger partial charge in [0, 0.05) is 6.54 Å². The minimum absolute atomic E-state index is 0.0535. The van der Waals surface area contributed by atoms with Crippen molar-refractivity contribution < 1.29 is 23.1 Å². The maximum absolute atomic E-state index is 12.8. The lowest BCUT2D eigenvalue weighted by atomic mass is 9.89. The van der Waals surface area contributed by atoms with Crippen molar-refractivity contribution in [2.24, 2.45) is 5.92 Å². The summed E-state index contributed by atoms with van der Waals surface area (Å²) < 4.78 is 38.4. The Balaban J connectivity index is 2.71. The number of halogens is 3. The first kappa shape index (κ1) is 18.3. The molecule has 22 heavy (non-hydrogen) atoms. The number of alkyl halides is 3. The van der Waals surface area contributed by atoms with Crippen molar-refractivity contribution in [2.75, 3.05) is 11.9 Å². The Morgan fingerprint density at radius 3 is 2.45 bits per heavy atom. The normalized spacial score (nSPS) is 15.8. The number of para-hydroxylation sites is 1. The van der Waals surface area contributed by atoms with Crippen molar-refractivity contribution in [1.82, 2.24) is 5.32 Å². The number of carbonyl (C=O) groups excluding carboxylic acids is 1. The van der Waals surface area contributed by atoms with Gasteiger partial charge in [-0.2, -0.15) is 13.2 Å². The van der Waals surface area contributed by atoms with Crippen molar-refractivity contribution in [1.29, 1.82) is 0 Å². The predicted molar refractivity (Wildman–Crippen MR) is 78.5 cm³/mol. The Morgan fingerprint density at radius 2 is 1.91 bits per heavy atom. The molecule has 0 spiro atoms. The third-order valence-corrected chi connectivity index (χ3v) is 3.76. The van der Waals surface area contributed by atoms with Crippen LogP contribution in [0, 0.1) is 5.92 Å². The summed E-state index contributed by atoms with van der Waals surface area (Å²) in [6, 6.07) is 3.93. The number of carbonyl (C=O) groups is 1. The maximum atomic E-state index is 12.8. The van der Waals surface area contributed by atoms with E-state index in [-0.39, 0.29) is 18.2 Å². The summed E-state index contributed by atoms with van der Waals surface area (Å²) in [5, 5.41) is 14.7. The Morgan fingerprint density at radius 1 is 1.32 bits per heavy atom. The van der Waals surface area contributed by atoms with Crippen molar-refractivity contribution >= 4 is 11.7 Å². The molecule has 0 heterocycles. The van der Waals surface area contributed by atoms with Crippen LogP contribution in [-0.2, 0) is 6.18 Å². The van der Waals surface area contributed by atoms with Gasteiger partial charge in [-0.05, 0) is 25.0 Å². The van der Waals surface area contributed by atoms with Crippen molar-refractivity contribution in [3.63, 3.8) is 0 Å². The van der Waals surface area contributed by atoms with Gasteiger partial charge < -0.3 is 15.7 Å². The number of anilines is 1. The molecule has 0 bridgehead atoms. The van der Waals surface area contributed by atoms with Crippen LogP contribution in [0.25, 0.3) is 0 Å². The van der Waals surface area contributed by atoms with Crippen LogP contribution in [0.4, 0.5) is 23.7 Å². The van der Waals surface area contributed by atoms with Crippen LogP contribution in [0.5, 0.6) is 0 Å². The highest BCUT2D eigenvalue weighted by molar-refractivity contribution is 5.90. The Bertz CT molecular complexity index is 516. The molecule has 4 nitrogen and oxygen atoms in total. The molecular formula is C15H21F3N2O2. The Kier molecular flexibility index (Phi) is 5.82. The quantitative estimate of drug-likeness (QED) is 0.776. The second kappa shape index (κ2) is 7.00. The first-order valence-corrected chi connectivity index (χ1v) is 7.01. The van der Waals surface area contributed by atoms with Crippen molar-refractivity contribution in [2.45, 2.75) is 39.0 Å². The molecule has 0 saturated heterocycles. The second-order valence-electron chi connectivity index (χ2n) is 5.52. The monoisotopic (exact) mass is 318 g/mol. The average Bonchev–Trinajstić information content (AvgIpc) is 2.43. The van der Waals surface area contributed by atoms with Gasteiger partial charge in [-0.15, -0.1) is 0 Å². The lowest BCUT2D eigenvalue weighted by molar-refractivity contribution is -0.136. The highest BCUT2D eigenvalue weighted by atomic mass is 19.4. The van der Waals surface area contributed by atoms with E-state index in [2.05, 4.69) is 10.6 Å². The zero-order valence-corrected chi connectivity index (χ0v) is 12.8. The number of amides is 2. The molecule has 0 aromatic heterocycles. The summed E-state index contributed by atoms with van der Waals surface area (Å²) >= 11 is 0. The Labute approximate surface area is 127 Å². The van der Waals surface area contributed by atoms with Crippen LogP contribution in [0.1, 0.15) is 32.8 Å². The van der Waals surface area contributed by atoms with Crippen LogP contribution in [0.2, 0.25) is 0 Å². The topological polar surface area (TPSA) is 61.4 Å². The molecule has 0 radical (unpaired) electrons. The number of aliphatic hydroxyl groups is 1. The zero-order chi connectivity index (χ0) is 17.0. The molecule has 0 aliphatic heterocycles. The first-order chi connectivity index (χ1) is 10.1. The molecule has 1 aromatic carbocycles. The first-order valence-electron chi connectivity index (χ1n) is 7.01. The largest absolute Gasteiger partial charge is 0.418 e. The molecule has 3 N–H and O–H groups in total. The minimum Gasteiger partial charge on any atom is -0.388 e. The zero-order valence-electron chi connectivity index (χ0n) is 12.8. The van der Waals surface area contributed by atoms with Gasteiger partial charge in [0.05, 0.1) is 16.9 Å². The number of hydrogen-bond acceptors (Lipinski definition) is 2. The van der Waals surface area contributed by atoms with Gasteiger partial charge in [-0.3, -0.25) is 0 Å². The third kappa shape index (κ3) is 4.91. The van der Waals surface area contributed by atoms with Gasteiger partial charge in [0.25, 0.3) is 0 Å². The van der Waals surface area contributed by atoms with Gasteiger partial charge in [-0.1, -0.05) is 32.4 Å². The predicted octanol–water partition coefficient (Wildman–Crippen LogP) is 3.62. The third-order valence-electron chi connectivity index (χ3n) is 3.76. The molecule has 0 fully saturated rings. The van der Waals surface area contributed by atoms with Crippen molar-refractivity contribution in [3.8, 4) is 0 Å². The number of nitrogens with one attached hydrogen (secondary N) is 2. The van der Waals surface area contributed by atoms with Crippen LogP contribution in [0.15, 0.2) is 24.3 Å². The summed E-state index contributed by atoms with van der Waals surface area (Å²) in [5.74, 6) is -0.0599. The van der Waals surface area contributed by atoms with Gasteiger partial charge in [0.15, 0.2) is 0 Å². The molecule has 2 amide bonds. The summed E-state index contributed by atoms with van der Waals surface area (Å²) in [7, 11) is 0. The van der Waals surface area contributed by atoms with E-state index in [0.717, 1.165) is 6.07 Å². The fraction of sp³-hybridized carbons (Fsp3) is 0.533. The fourth-order valence-corrected chi connectivity index (χ4v) is 1.88. The maximum Gasteiger partial charge on any atom is 0.418 e. The smallest absolute Gasteiger partial charge is 0.388 e. The van der Waals surface area contributed by atoms with E-state index < -0.39 is 23.4 Å². The van der Waals surface area contributed by atoms with Gasteiger partial charge in [0.1, 0.15) is 0 Å². The van der Waals surface area contributed by atoms with Crippen LogP contribution in [0.3, 0.4) is 0 Å². The number of urea groups is 1. The Hall–Kier alpha value is -1.76. The lowest BCUT2D eigenvalue weighted by Crippen LogP contribution is -2.46. The highest BCUT2D eigenvalue weighted by Gasteiger charge is 2.34. The molecule has 124 valence electrons. The molecule has 7 heteroatoms. The molecule has 0 saturated carbocycles. The van der Waals surface area contributed by atoms with E-state index in [1.165, 1.54) is 18.2 Å². The molecule has 0 aliphatic rings. The standard InChI is InChI=1S/C15H21F3N2O2/c1-4-10(2)14(3,22)9-19-13(21)20-12-8-6-5-7-11(12)15(16,17)18/h5-8,10,22H,4,9H2,1-3H3,(H2,19,20,21). The number of benzene rings is 1. The average molecular weight is 318 g/mol. The van der Waals surface area contributed by atoms with Crippen molar-refractivity contribution in [3.05, 3.63) is 29.8 Å². The molecule has 1 aromatic rings. The van der Waals surface area contributed by atoms with Gasteiger partial charge in [0.2, 0.25) is 0 Å². The SMILES string of the molecule is CCC(C)C(C)(O)CNC(=O)Nc1ccccc1C(F)(F)F. The van der Waals surface area contributed by atoms with Crippen LogP contribution in [-0.4, -0.2) is 23.3 Å². The summed E-state index contributed by atoms with van der Waals surface area (Å²) in [5.41, 5.74) is -2.37. The van der Waals surface area contributed by atoms with E-state index in [9.17, 15) is 23.1 Å². The van der Waals surface area contributed by atoms with Crippen LogP contribution < -0.4 is 10.6 Å².